The summed E-state index contributed by atoms with van der Waals surface area (Å²) in [5.74, 6) is 1.53. The van der Waals surface area contributed by atoms with E-state index in [1.54, 1.807) is 7.11 Å². The fourth-order valence-electron chi connectivity index (χ4n) is 4.92. The van der Waals surface area contributed by atoms with Gasteiger partial charge in [0.1, 0.15) is 5.75 Å². The monoisotopic (exact) mass is 447 g/mol. The molecule has 2 unspecified atom stereocenters. The molecule has 0 bridgehead atoms. The van der Waals surface area contributed by atoms with E-state index in [-0.39, 0.29) is 11.8 Å². The molecule has 1 aliphatic carbocycles. The second-order valence-electron chi connectivity index (χ2n) is 9.31. The van der Waals surface area contributed by atoms with Gasteiger partial charge in [0.15, 0.2) is 0 Å². The van der Waals surface area contributed by atoms with E-state index in [9.17, 15) is 4.79 Å². The van der Waals surface area contributed by atoms with Crippen LogP contribution in [0.1, 0.15) is 36.3 Å². The van der Waals surface area contributed by atoms with Gasteiger partial charge < -0.3 is 19.8 Å². The number of ether oxygens (including phenoxy) is 2. The Morgan fingerprint density at radius 3 is 2.73 bits per heavy atom. The summed E-state index contributed by atoms with van der Waals surface area (Å²) in [4.78, 5) is 18.8. The lowest BCUT2D eigenvalue weighted by Crippen LogP contribution is -2.42. The largest absolute Gasteiger partial charge is 0.497 e. The zero-order chi connectivity index (χ0) is 22.6. The highest BCUT2D eigenvalue weighted by molar-refractivity contribution is 5.84. The summed E-state index contributed by atoms with van der Waals surface area (Å²) in [7, 11) is 1.68. The Hall–Kier alpha value is -2.83. The third kappa shape index (κ3) is 5.23. The van der Waals surface area contributed by atoms with Crippen molar-refractivity contribution in [1.29, 1.82) is 0 Å². The Morgan fingerprint density at radius 2 is 2.00 bits per heavy atom. The van der Waals surface area contributed by atoms with Gasteiger partial charge >= 0.3 is 0 Å². The van der Waals surface area contributed by atoms with Gasteiger partial charge in [0.25, 0.3) is 0 Å². The summed E-state index contributed by atoms with van der Waals surface area (Å²) in [5, 5.41) is 4.43. The van der Waals surface area contributed by atoms with Gasteiger partial charge in [0.2, 0.25) is 5.91 Å². The summed E-state index contributed by atoms with van der Waals surface area (Å²) >= 11 is 0. The number of para-hydroxylation sites is 1. The number of nitrogens with one attached hydrogen (secondary N) is 2. The van der Waals surface area contributed by atoms with Crippen LogP contribution in [0, 0.1) is 5.92 Å². The van der Waals surface area contributed by atoms with Crippen LogP contribution in [0.4, 0.5) is 0 Å². The molecular formula is C27H33N3O3. The molecule has 2 aromatic carbocycles. The first-order chi connectivity index (χ1) is 16.2. The van der Waals surface area contributed by atoms with E-state index in [2.05, 4.69) is 51.7 Å². The number of rotatable bonds is 10. The minimum Gasteiger partial charge on any atom is -0.497 e. The highest BCUT2D eigenvalue weighted by atomic mass is 16.5. The highest BCUT2D eigenvalue weighted by Gasteiger charge is 2.33. The second-order valence-corrected chi connectivity index (χ2v) is 9.31. The normalized spacial score (nSPS) is 19.2. The molecule has 6 nitrogen and oxygen atoms in total. The number of carbonyl (C=O) groups is 1. The standard InChI is InChI=1S/C27H33N3O3/c1-32-22-10-6-20(7-11-22)24(25-15-28-26-5-3-2-4-23(25)26)14-29-27(31)17-30(21-8-9-21)16-19-12-13-33-18-19/h2-7,10-11,15,19,21,24,28H,8-9,12-14,16-18H2,1H3,(H,29,31). The molecule has 3 aromatic rings. The van der Waals surface area contributed by atoms with Gasteiger partial charge in [-0.25, -0.2) is 0 Å². The molecule has 33 heavy (non-hydrogen) atoms. The zero-order valence-corrected chi connectivity index (χ0v) is 19.3. The summed E-state index contributed by atoms with van der Waals surface area (Å²) in [6.45, 7) is 3.65. The molecule has 5 rings (SSSR count). The number of aromatic nitrogens is 1. The Balaban J connectivity index is 1.30. The summed E-state index contributed by atoms with van der Waals surface area (Å²) in [6, 6.07) is 17.0. The quantitative estimate of drug-likeness (QED) is 0.494. The van der Waals surface area contributed by atoms with Crippen LogP contribution < -0.4 is 10.1 Å². The Morgan fingerprint density at radius 1 is 1.18 bits per heavy atom. The van der Waals surface area contributed by atoms with Crippen LogP contribution in [0.5, 0.6) is 5.75 Å². The number of aromatic amines is 1. The lowest BCUT2D eigenvalue weighted by molar-refractivity contribution is -0.122. The van der Waals surface area contributed by atoms with Crippen LogP contribution >= 0.6 is 0 Å². The minimum atomic E-state index is 0.0496. The first-order valence-electron chi connectivity index (χ1n) is 12.0. The van der Waals surface area contributed by atoms with Crippen molar-refractivity contribution < 1.29 is 14.3 Å². The molecule has 1 saturated heterocycles. The zero-order valence-electron chi connectivity index (χ0n) is 19.3. The molecule has 1 aromatic heterocycles. The maximum Gasteiger partial charge on any atom is 0.234 e. The number of hydrogen-bond donors (Lipinski definition) is 2. The molecule has 1 aliphatic heterocycles. The SMILES string of the molecule is COc1ccc(C(CNC(=O)CN(CC2CCOC2)C2CC2)c2c[nH]c3ccccc23)cc1. The molecule has 6 heteroatoms. The number of methoxy groups -OCH3 is 1. The van der Waals surface area contributed by atoms with Crippen molar-refractivity contribution in [2.24, 2.45) is 5.92 Å². The van der Waals surface area contributed by atoms with Crippen LogP contribution in [0.2, 0.25) is 0 Å². The molecule has 1 amide bonds. The Kier molecular flexibility index (Phi) is 6.65. The van der Waals surface area contributed by atoms with Gasteiger partial charge in [-0.15, -0.1) is 0 Å². The predicted octanol–water partition coefficient (Wildman–Crippen LogP) is 3.93. The Labute approximate surface area is 195 Å². The number of nitrogens with zero attached hydrogens (tertiary/aromatic N) is 1. The predicted molar refractivity (Wildman–Crippen MR) is 130 cm³/mol. The number of benzene rings is 2. The smallest absolute Gasteiger partial charge is 0.234 e. The van der Waals surface area contributed by atoms with Crippen LogP contribution in [-0.4, -0.2) is 61.8 Å². The van der Waals surface area contributed by atoms with Crippen LogP contribution in [0.3, 0.4) is 0 Å². The molecule has 174 valence electrons. The maximum absolute atomic E-state index is 13.0. The van der Waals surface area contributed by atoms with Crippen molar-refractivity contribution in [3.8, 4) is 5.75 Å². The molecular weight excluding hydrogens is 414 g/mol. The van der Waals surface area contributed by atoms with Crippen molar-refractivity contribution in [3.63, 3.8) is 0 Å². The molecule has 0 radical (unpaired) electrons. The van der Waals surface area contributed by atoms with Gasteiger partial charge in [-0.3, -0.25) is 9.69 Å². The number of hydrogen-bond acceptors (Lipinski definition) is 4. The van der Waals surface area contributed by atoms with Gasteiger partial charge in [0, 0.05) is 48.8 Å². The van der Waals surface area contributed by atoms with Gasteiger partial charge in [-0.05, 0) is 54.5 Å². The van der Waals surface area contributed by atoms with Gasteiger partial charge in [-0.2, -0.15) is 0 Å². The third-order valence-corrected chi connectivity index (χ3v) is 6.94. The topological polar surface area (TPSA) is 66.6 Å². The lowest BCUT2D eigenvalue weighted by atomic mass is 9.90. The summed E-state index contributed by atoms with van der Waals surface area (Å²) < 4.78 is 10.9. The molecule has 1 saturated carbocycles. The molecule has 2 N–H and O–H groups in total. The minimum absolute atomic E-state index is 0.0496. The third-order valence-electron chi connectivity index (χ3n) is 6.94. The molecule has 0 spiro atoms. The average Bonchev–Trinajstić information content (AvgIpc) is 3.41. The van der Waals surface area contributed by atoms with E-state index in [1.807, 2.05) is 18.2 Å². The van der Waals surface area contributed by atoms with E-state index in [0.29, 0.717) is 25.0 Å². The van der Waals surface area contributed by atoms with Gasteiger partial charge in [-0.1, -0.05) is 30.3 Å². The maximum atomic E-state index is 13.0. The fraction of sp³-hybridized carbons (Fsp3) is 0.444. The molecule has 2 heterocycles. The summed E-state index contributed by atoms with van der Waals surface area (Å²) in [5.41, 5.74) is 3.46. The fourth-order valence-corrected chi connectivity index (χ4v) is 4.92. The van der Waals surface area contributed by atoms with Crippen molar-refractivity contribution >= 4 is 16.8 Å². The summed E-state index contributed by atoms with van der Waals surface area (Å²) in [6.07, 6.45) is 5.57. The molecule has 2 fully saturated rings. The lowest BCUT2D eigenvalue weighted by Gasteiger charge is -2.25. The number of fused-ring (bicyclic) bond motifs is 1. The van der Waals surface area contributed by atoms with Crippen molar-refractivity contribution in [3.05, 3.63) is 65.9 Å². The number of amides is 1. The van der Waals surface area contributed by atoms with Crippen LogP contribution in [-0.2, 0) is 9.53 Å². The van der Waals surface area contributed by atoms with Gasteiger partial charge in [0.05, 0.1) is 20.3 Å². The van der Waals surface area contributed by atoms with E-state index in [0.717, 1.165) is 43.0 Å². The van der Waals surface area contributed by atoms with E-state index in [1.165, 1.54) is 23.8 Å². The van der Waals surface area contributed by atoms with E-state index in [4.69, 9.17) is 9.47 Å². The van der Waals surface area contributed by atoms with Crippen molar-refractivity contribution in [2.75, 3.05) is 40.0 Å². The molecule has 2 aliphatic rings. The highest BCUT2D eigenvalue weighted by Crippen LogP contribution is 2.32. The van der Waals surface area contributed by atoms with Crippen LogP contribution in [0.15, 0.2) is 54.7 Å². The number of carbonyl (C=O) groups excluding carboxylic acids is 1. The molecule has 2 atom stereocenters. The second kappa shape index (κ2) is 9.98. The Bertz CT molecular complexity index is 1070. The van der Waals surface area contributed by atoms with E-state index >= 15 is 0 Å². The van der Waals surface area contributed by atoms with E-state index < -0.39 is 0 Å². The van der Waals surface area contributed by atoms with Crippen molar-refractivity contribution in [1.82, 2.24) is 15.2 Å². The van der Waals surface area contributed by atoms with Crippen LogP contribution in [0.25, 0.3) is 10.9 Å². The number of H-pyrrole nitrogens is 1. The average molecular weight is 448 g/mol. The van der Waals surface area contributed by atoms with Crippen molar-refractivity contribution in [2.45, 2.75) is 31.2 Å². The first kappa shape index (κ1) is 22.0. The first-order valence-corrected chi connectivity index (χ1v) is 12.0.